The largest absolute Gasteiger partial charge is 0.480 e. The van der Waals surface area contributed by atoms with Crippen LogP contribution in [0.3, 0.4) is 0 Å². The molecule has 2 N–H and O–H groups in total. The fourth-order valence-electron chi connectivity index (χ4n) is 1.83. The Balaban J connectivity index is 2.02. The number of aliphatic carboxylic acids is 1. The van der Waals surface area contributed by atoms with E-state index in [4.69, 9.17) is 9.84 Å². The van der Waals surface area contributed by atoms with Crippen molar-refractivity contribution in [1.82, 2.24) is 4.90 Å². The van der Waals surface area contributed by atoms with E-state index in [-0.39, 0.29) is 6.42 Å². The lowest BCUT2D eigenvalue weighted by Gasteiger charge is -2.26. The Labute approximate surface area is 115 Å². The minimum atomic E-state index is -1.11. The van der Waals surface area contributed by atoms with Crippen LogP contribution in [0.1, 0.15) is 6.42 Å². The maximum atomic E-state index is 11.8. The summed E-state index contributed by atoms with van der Waals surface area (Å²) < 4.78 is 5.46. The molecule has 0 bridgehead atoms. The zero-order valence-corrected chi connectivity index (χ0v) is 10.8. The number of anilines is 1. The third-order valence-corrected chi connectivity index (χ3v) is 2.86. The third-order valence-electron chi connectivity index (χ3n) is 2.86. The summed E-state index contributed by atoms with van der Waals surface area (Å²) in [6, 6.07) is 6.90. The van der Waals surface area contributed by atoms with E-state index in [1.807, 2.05) is 0 Å². The molecule has 1 heterocycles. The molecule has 1 aromatic rings. The number of rotatable bonds is 4. The Hall–Kier alpha value is -2.57. The molecule has 2 amide bonds. The number of carbonyl (C=O) groups excluding carboxylic acids is 2. The molecule has 20 heavy (non-hydrogen) atoms. The first-order chi connectivity index (χ1) is 9.47. The number of likely N-dealkylation sites (N-methyl/N-ethyl adjacent to an activating group) is 1. The van der Waals surface area contributed by atoms with Gasteiger partial charge in [0, 0.05) is 7.05 Å². The van der Waals surface area contributed by atoms with Crippen LogP contribution < -0.4 is 10.1 Å². The highest BCUT2D eigenvalue weighted by Gasteiger charge is 2.30. The van der Waals surface area contributed by atoms with Crippen LogP contribution >= 0.6 is 0 Å². The maximum absolute atomic E-state index is 11.8. The predicted octanol–water partition coefficient (Wildman–Crippen LogP) is 0.319. The molecular weight excluding hydrogens is 264 g/mol. The number of para-hydroxylation sites is 2. The van der Waals surface area contributed by atoms with Gasteiger partial charge in [-0.05, 0) is 12.1 Å². The number of hydrogen-bond donors (Lipinski definition) is 2. The Morgan fingerprint density at radius 3 is 2.80 bits per heavy atom. The molecule has 1 aliphatic rings. The highest BCUT2D eigenvalue weighted by atomic mass is 16.5. The van der Waals surface area contributed by atoms with Crippen molar-refractivity contribution in [3.63, 3.8) is 0 Å². The van der Waals surface area contributed by atoms with Gasteiger partial charge in [0.05, 0.1) is 12.1 Å². The minimum Gasteiger partial charge on any atom is -0.480 e. The number of fused-ring (bicyclic) bond motifs is 1. The molecule has 106 valence electrons. The number of carboxylic acids is 1. The number of amides is 2. The van der Waals surface area contributed by atoms with Crippen LogP contribution in [0.15, 0.2) is 24.3 Å². The first-order valence-corrected chi connectivity index (χ1v) is 5.99. The minimum absolute atomic E-state index is 0.204. The third kappa shape index (κ3) is 3.05. The normalized spacial score (nSPS) is 16.6. The molecule has 1 aromatic carbocycles. The van der Waals surface area contributed by atoms with E-state index in [0.29, 0.717) is 11.4 Å². The van der Waals surface area contributed by atoms with E-state index in [2.05, 4.69) is 5.32 Å². The molecule has 0 radical (unpaired) electrons. The van der Waals surface area contributed by atoms with Gasteiger partial charge in [-0.2, -0.15) is 0 Å². The molecule has 2 rings (SSSR count). The molecule has 0 aliphatic carbocycles. The van der Waals surface area contributed by atoms with Gasteiger partial charge in [-0.1, -0.05) is 12.1 Å². The van der Waals surface area contributed by atoms with Gasteiger partial charge in [0.1, 0.15) is 12.3 Å². The van der Waals surface area contributed by atoms with Gasteiger partial charge in [-0.3, -0.25) is 14.4 Å². The van der Waals surface area contributed by atoms with Crippen molar-refractivity contribution >= 4 is 23.5 Å². The average Bonchev–Trinajstić information content (AvgIpc) is 2.38. The van der Waals surface area contributed by atoms with E-state index >= 15 is 0 Å². The highest BCUT2D eigenvalue weighted by Crippen LogP contribution is 2.29. The first-order valence-electron chi connectivity index (χ1n) is 5.99. The van der Waals surface area contributed by atoms with Crippen molar-refractivity contribution in [2.75, 3.05) is 18.9 Å². The molecule has 1 aliphatic heterocycles. The Morgan fingerprint density at radius 1 is 1.40 bits per heavy atom. The van der Waals surface area contributed by atoms with E-state index in [9.17, 15) is 14.4 Å². The van der Waals surface area contributed by atoms with Crippen LogP contribution in [0.5, 0.6) is 5.75 Å². The molecule has 0 fully saturated rings. The second kappa shape index (κ2) is 5.60. The summed E-state index contributed by atoms with van der Waals surface area (Å²) in [5.41, 5.74) is 0.556. The van der Waals surface area contributed by atoms with Crippen LogP contribution in [-0.2, 0) is 14.4 Å². The first kappa shape index (κ1) is 13.9. The second-order valence-corrected chi connectivity index (χ2v) is 4.44. The van der Waals surface area contributed by atoms with Crippen LogP contribution in [0.25, 0.3) is 0 Å². The van der Waals surface area contributed by atoms with Gasteiger partial charge in [0.15, 0.2) is 6.10 Å². The Kier molecular flexibility index (Phi) is 3.88. The predicted molar refractivity (Wildman–Crippen MR) is 69.4 cm³/mol. The van der Waals surface area contributed by atoms with E-state index in [0.717, 1.165) is 4.90 Å². The standard InChI is InChI=1S/C13H14N2O5/c1-15(7-12(17)18)11(16)6-10-13(19)14-8-4-2-3-5-9(8)20-10/h2-5,10H,6-7H2,1H3,(H,14,19)(H,17,18). The van der Waals surface area contributed by atoms with Crippen molar-refractivity contribution in [2.24, 2.45) is 0 Å². The number of carbonyl (C=O) groups is 3. The van der Waals surface area contributed by atoms with Gasteiger partial charge >= 0.3 is 5.97 Å². The SMILES string of the molecule is CN(CC(=O)O)C(=O)CC1Oc2ccccc2NC1=O. The van der Waals surface area contributed by atoms with Crippen molar-refractivity contribution < 1.29 is 24.2 Å². The Bertz CT molecular complexity index is 557. The summed E-state index contributed by atoms with van der Waals surface area (Å²) >= 11 is 0. The summed E-state index contributed by atoms with van der Waals surface area (Å²) in [6.45, 7) is -0.413. The van der Waals surface area contributed by atoms with E-state index in [1.54, 1.807) is 24.3 Å². The average molecular weight is 278 g/mol. The van der Waals surface area contributed by atoms with Crippen molar-refractivity contribution in [2.45, 2.75) is 12.5 Å². The fraction of sp³-hybridized carbons (Fsp3) is 0.308. The number of nitrogens with one attached hydrogen (secondary N) is 1. The van der Waals surface area contributed by atoms with E-state index < -0.39 is 30.4 Å². The van der Waals surface area contributed by atoms with Gasteiger partial charge < -0.3 is 20.1 Å². The molecule has 0 aromatic heterocycles. The molecule has 0 saturated heterocycles. The lowest BCUT2D eigenvalue weighted by atomic mass is 10.1. The molecule has 7 nitrogen and oxygen atoms in total. The number of carboxylic acid groups (broad SMARTS) is 1. The van der Waals surface area contributed by atoms with E-state index in [1.165, 1.54) is 7.05 Å². The zero-order valence-electron chi connectivity index (χ0n) is 10.8. The van der Waals surface area contributed by atoms with Crippen LogP contribution in [0.4, 0.5) is 5.69 Å². The number of nitrogens with zero attached hydrogens (tertiary/aromatic N) is 1. The maximum Gasteiger partial charge on any atom is 0.323 e. The number of ether oxygens (including phenoxy) is 1. The van der Waals surface area contributed by atoms with Crippen molar-refractivity contribution in [1.29, 1.82) is 0 Å². The van der Waals surface area contributed by atoms with Gasteiger partial charge in [0.2, 0.25) is 5.91 Å². The summed E-state index contributed by atoms with van der Waals surface area (Å²) in [7, 11) is 1.37. The second-order valence-electron chi connectivity index (χ2n) is 4.44. The number of hydrogen-bond acceptors (Lipinski definition) is 4. The number of benzene rings is 1. The lowest BCUT2D eigenvalue weighted by molar-refractivity contribution is -0.144. The van der Waals surface area contributed by atoms with Crippen molar-refractivity contribution in [3.8, 4) is 5.75 Å². The summed E-state index contributed by atoms with van der Waals surface area (Å²) in [4.78, 5) is 35.2. The highest BCUT2D eigenvalue weighted by molar-refractivity contribution is 6.00. The smallest absolute Gasteiger partial charge is 0.323 e. The molecule has 1 unspecified atom stereocenters. The van der Waals surface area contributed by atoms with Gasteiger partial charge in [-0.25, -0.2) is 0 Å². The van der Waals surface area contributed by atoms with Crippen LogP contribution in [0, 0.1) is 0 Å². The summed E-state index contributed by atoms with van der Waals surface area (Å²) in [5, 5.41) is 11.3. The molecule has 1 atom stereocenters. The van der Waals surface area contributed by atoms with Gasteiger partial charge in [0.25, 0.3) is 5.91 Å². The fourth-order valence-corrected chi connectivity index (χ4v) is 1.83. The van der Waals surface area contributed by atoms with Crippen molar-refractivity contribution in [3.05, 3.63) is 24.3 Å². The van der Waals surface area contributed by atoms with Crippen LogP contribution in [0.2, 0.25) is 0 Å². The molecule has 0 spiro atoms. The molecule has 0 saturated carbocycles. The topological polar surface area (TPSA) is 95.9 Å². The summed E-state index contributed by atoms with van der Waals surface area (Å²) in [5.74, 6) is -1.50. The zero-order chi connectivity index (χ0) is 14.7. The van der Waals surface area contributed by atoms with Crippen LogP contribution in [-0.4, -0.2) is 47.5 Å². The lowest BCUT2D eigenvalue weighted by Crippen LogP contribution is -2.42. The monoisotopic (exact) mass is 278 g/mol. The summed E-state index contributed by atoms with van der Waals surface area (Å²) in [6.07, 6.45) is -1.15. The molecule has 7 heteroatoms. The Morgan fingerprint density at radius 2 is 2.10 bits per heavy atom. The molecular formula is C13H14N2O5. The quantitative estimate of drug-likeness (QED) is 0.826. The van der Waals surface area contributed by atoms with Gasteiger partial charge in [-0.15, -0.1) is 0 Å².